The molecule has 1 saturated heterocycles. The number of nitrogens with one attached hydrogen (secondary N) is 1. The van der Waals surface area contributed by atoms with Crippen LogP contribution < -0.4 is 5.32 Å². The maximum atomic E-state index is 11.9. The maximum Gasteiger partial charge on any atom is 0.248 e. The molecule has 126 valence electrons. The van der Waals surface area contributed by atoms with E-state index in [4.69, 9.17) is 4.74 Å². The van der Waals surface area contributed by atoms with Crippen LogP contribution in [0.4, 0.5) is 0 Å². The van der Waals surface area contributed by atoms with Gasteiger partial charge in [-0.2, -0.15) is 0 Å². The number of ether oxygens (including phenoxy) is 1. The van der Waals surface area contributed by atoms with Crippen molar-refractivity contribution in [3.8, 4) is 0 Å². The van der Waals surface area contributed by atoms with Crippen molar-refractivity contribution < 1.29 is 9.53 Å². The lowest BCUT2D eigenvalue weighted by Gasteiger charge is -2.33. The summed E-state index contributed by atoms with van der Waals surface area (Å²) in [5, 5.41) is 6.15. The number of carbonyl (C=O) groups is 1. The summed E-state index contributed by atoms with van der Waals surface area (Å²) < 4.78 is 5.72. The van der Waals surface area contributed by atoms with Crippen LogP contribution in [0.15, 0.2) is 42.5 Å². The molecule has 1 N–H and O–H groups in total. The Bertz CT molecular complexity index is 736. The van der Waals surface area contributed by atoms with Crippen molar-refractivity contribution in [1.29, 1.82) is 0 Å². The number of fused-ring (bicyclic) bond motifs is 1. The van der Waals surface area contributed by atoms with Crippen LogP contribution in [0.3, 0.4) is 0 Å². The highest BCUT2D eigenvalue weighted by molar-refractivity contribution is 5.86. The van der Waals surface area contributed by atoms with Crippen molar-refractivity contribution in [3.63, 3.8) is 0 Å². The Balaban J connectivity index is 1.41. The van der Waals surface area contributed by atoms with Gasteiger partial charge in [-0.15, -0.1) is 0 Å². The number of benzene rings is 2. The lowest BCUT2D eigenvalue weighted by atomic mass is 9.99. The summed E-state index contributed by atoms with van der Waals surface area (Å²) in [5.74, 6) is 0.149. The Morgan fingerprint density at radius 3 is 2.83 bits per heavy atom. The smallest absolute Gasteiger partial charge is 0.248 e. The maximum absolute atomic E-state index is 11.9. The molecule has 1 amide bonds. The van der Waals surface area contributed by atoms with Gasteiger partial charge in [0.25, 0.3) is 0 Å². The minimum atomic E-state index is 0.0840. The van der Waals surface area contributed by atoms with Crippen molar-refractivity contribution in [3.05, 3.63) is 48.0 Å². The van der Waals surface area contributed by atoms with Crippen LogP contribution in [0.5, 0.6) is 0 Å². The monoisotopic (exact) mass is 324 g/mol. The first-order valence-electron chi connectivity index (χ1n) is 8.84. The second kappa shape index (κ2) is 6.54. The van der Waals surface area contributed by atoms with E-state index in [0.29, 0.717) is 6.04 Å². The van der Waals surface area contributed by atoms with E-state index >= 15 is 0 Å². The van der Waals surface area contributed by atoms with E-state index in [1.54, 1.807) is 0 Å². The average molecular weight is 324 g/mol. The van der Waals surface area contributed by atoms with Crippen molar-refractivity contribution in [2.75, 3.05) is 19.7 Å². The van der Waals surface area contributed by atoms with Gasteiger partial charge in [-0.25, -0.2) is 0 Å². The van der Waals surface area contributed by atoms with Crippen LogP contribution >= 0.6 is 0 Å². The zero-order valence-electron chi connectivity index (χ0n) is 14.1. The molecule has 4 rings (SSSR count). The standard InChI is InChI=1S/C20H24N2O2/c1-14(18-8-4-6-15-5-2-3-7-19(15)18)21-11-17-12-22(16-9-10-16)20(23)13-24-17/h2-8,14,16-17,21H,9-13H2,1H3/t14-,17?/m1/s1. The molecule has 1 heterocycles. The van der Waals surface area contributed by atoms with Gasteiger partial charge in [-0.3, -0.25) is 4.79 Å². The van der Waals surface area contributed by atoms with Crippen LogP contribution in [0.1, 0.15) is 31.4 Å². The number of carbonyl (C=O) groups excluding carboxylic acids is 1. The summed E-state index contributed by atoms with van der Waals surface area (Å²) in [6, 6.07) is 15.6. The van der Waals surface area contributed by atoms with E-state index in [1.807, 2.05) is 4.90 Å². The summed E-state index contributed by atoms with van der Waals surface area (Å²) in [6.45, 7) is 3.90. The molecule has 24 heavy (non-hydrogen) atoms. The third kappa shape index (κ3) is 3.17. The molecule has 0 aromatic heterocycles. The van der Waals surface area contributed by atoms with E-state index in [-0.39, 0.29) is 24.7 Å². The zero-order valence-corrected chi connectivity index (χ0v) is 14.1. The second-order valence-corrected chi connectivity index (χ2v) is 6.91. The molecule has 0 radical (unpaired) electrons. The van der Waals surface area contributed by atoms with Gasteiger partial charge in [0.15, 0.2) is 0 Å². The van der Waals surface area contributed by atoms with Crippen LogP contribution in [0.2, 0.25) is 0 Å². The van der Waals surface area contributed by atoms with E-state index in [0.717, 1.165) is 25.9 Å². The fraction of sp³-hybridized carbons (Fsp3) is 0.450. The van der Waals surface area contributed by atoms with Gasteiger partial charge in [0.05, 0.1) is 6.10 Å². The second-order valence-electron chi connectivity index (χ2n) is 6.91. The molecule has 0 spiro atoms. The van der Waals surface area contributed by atoms with Crippen molar-refractivity contribution >= 4 is 16.7 Å². The molecular formula is C20H24N2O2. The first-order chi connectivity index (χ1) is 11.7. The number of hydrogen-bond acceptors (Lipinski definition) is 3. The average Bonchev–Trinajstić information content (AvgIpc) is 3.45. The predicted molar refractivity (Wildman–Crippen MR) is 94.8 cm³/mol. The summed E-state index contributed by atoms with van der Waals surface area (Å²) in [7, 11) is 0. The Morgan fingerprint density at radius 1 is 1.21 bits per heavy atom. The lowest BCUT2D eigenvalue weighted by Crippen LogP contribution is -2.50. The normalized spacial score (nSPS) is 22.8. The molecule has 1 saturated carbocycles. The largest absolute Gasteiger partial charge is 0.365 e. The molecule has 2 aliphatic rings. The highest BCUT2D eigenvalue weighted by Gasteiger charge is 2.37. The van der Waals surface area contributed by atoms with Crippen LogP contribution in [0, 0.1) is 0 Å². The third-order valence-corrected chi connectivity index (χ3v) is 5.09. The first kappa shape index (κ1) is 15.6. The Labute approximate surface area is 142 Å². The summed E-state index contributed by atoms with van der Waals surface area (Å²) in [6.07, 6.45) is 2.39. The number of morpholine rings is 1. The molecule has 0 bridgehead atoms. The molecule has 4 nitrogen and oxygen atoms in total. The van der Waals surface area contributed by atoms with E-state index in [9.17, 15) is 4.79 Å². The molecule has 1 unspecified atom stereocenters. The fourth-order valence-electron chi connectivity index (χ4n) is 3.55. The van der Waals surface area contributed by atoms with Gasteiger partial charge in [0.2, 0.25) is 5.91 Å². The zero-order chi connectivity index (χ0) is 16.5. The van der Waals surface area contributed by atoms with E-state index < -0.39 is 0 Å². The van der Waals surface area contributed by atoms with Gasteiger partial charge in [0.1, 0.15) is 6.61 Å². The molecule has 2 atom stereocenters. The minimum Gasteiger partial charge on any atom is -0.365 e. The summed E-state index contributed by atoms with van der Waals surface area (Å²) >= 11 is 0. The minimum absolute atomic E-state index is 0.0840. The molecule has 2 aromatic rings. The summed E-state index contributed by atoms with van der Waals surface area (Å²) in [4.78, 5) is 13.9. The number of rotatable bonds is 5. The molecule has 2 aromatic carbocycles. The number of hydrogen-bond donors (Lipinski definition) is 1. The quantitative estimate of drug-likeness (QED) is 0.919. The highest BCUT2D eigenvalue weighted by atomic mass is 16.5. The first-order valence-corrected chi connectivity index (χ1v) is 8.84. The van der Waals surface area contributed by atoms with Gasteiger partial charge in [0, 0.05) is 25.2 Å². The van der Waals surface area contributed by atoms with Gasteiger partial charge < -0.3 is 15.0 Å². The molecule has 4 heteroatoms. The van der Waals surface area contributed by atoms with Crippen LogP contribution in [-0.2, 0) is 9.53 Å². The lowest BCUT2D eigenvalue weighted by molar-refractivity contribution is -0.149. The van der Waals surface area contributed by atoms with Gasteiger partial charge in [-0.05, 0) is 36.1 Å². The Hall–Kier alpha value is -1.91. The SMILES string of the molecule is C[C@@H](NCC1CN(C2CC2)C(=O)CO1)c1cccc2ccccc12. The Morgan fingerprint density at radius 2 is 2.00 bits per heavy atom. The molecule has 1 aliphatic carbocycles. The molecular weight excluding hydrogens is 300 g/mol. The predicted octanol–water partition coefficient (Wildman–Crippen LogP) is 2.88. The number of nitrogens with zero attached hydrogens (tertiary/aromatic N) is 1. The van der Waals surface area contributed by atoms with Crippen LogP contribution in [-0.4, -0.2) is 42.6 Å². The highest BCUT2D eigenvalue weighted by Crippen LogP contribution is 2.29. The van der Waals surface area contributed by atoms with Gasteiger partial charge in [-0.1, -0.05) is 42.5 Å². The van der Waals surface area contributed by atoms with E-state index in [2.05, 4.69) is 54.7 Å². The van der Waals surface area contributed by atoms with Crippen molar-refractivity contribution in [2.24, 2.45) is 0 Å². The Kier molecular flexibility index (Phi) is 4.25. The third-order valence-electron chi connectivity index (χ3n) is 5.09. The fourth-order valence-corrected chi connectivity index (χ4v) is 3.55. The molecule has 2 fully saturated rings. The topological polar surface area (TPSA) is 41.6 Å². The van der Waals surface area contributed by atoms with Gasteiger partial charge >= 0.3 is 0 Å². The van der Waals surface area contributed by atoms with Crippen molar-refractivity contribution in [1.82, 2.24) is 10.2 Å². The summed E-state index contributed by atoms with van der Waals surface area (Å²) in [5.41, 5.74) is 1.30. The molecule has 1 aliphatic heterocycles. The van der Waals surface area contributed by atoms with E-state index in [1.165, 1.54) is 16.3 Å². The number of amides is 1. The van der Waals surface area contributed by atoms with Crippen molar-refractivity contribution in [2.45, 2.75) is 38.0 Å². The van der Waals surface area contributed by atoms with Crippen LogP contribution in [0.25, 0.3) is 10.8 Å².